The molecule has 0 aliphatic rings. The van der Waals surface area contributed by atoms with E-state index in [1.165, 1.54) is 12.1 Å². The summed E-state index contributed by atoms with van der Waals surface area (Å²) in [7, 11) is -2.90. The van der Waals surface area contributed by atoms with Gasteiger partial charge in [0.1, 0.15) is 0 Å². The highest BCUT2D eigenvalue weighted by Gasteiger charge is 2.28. The second-order valence-corrected chi connectivity index (χ2v) is 8.23. The van der Waals surface area contributed by atoms with Gasteiger partial charge in [-0.3, -0.25) is 0 Å². The predicted octanol–water partition coefficient (Wildman–Crippen LogP) is 4.36. The number of sulfone groups is 1. The van der Waals surface area contributed by atoms with Crippen LogP contribution < -0.4 is 5.32 Å². The van der Waals surface area contributed by atoms with Crippen LogP contribution in [0.5, 0.6) is 0 Å². The number of ether oxygens (including phenoxy) is 1. The van der Waals surface area contributed by atoms with Gasteiger partial charge in [-0.15, -0.1) is 0 Å². The van der Waals surface area contributed by atoms with Gasteiger partial charge in [0.15, 0.2) is 4.91 Å². The smallest absolute Gasteiger partial charge is 0.351 e. The number of carbonyl (C=O) groups is 1. The Balaban J connectivity index is 2.39. The summed E-state index contributed by atoms with van der Waals surface area (Å²) >= 11 is 5.82. The van der Waals surface area contributed by atoms with Crippen LogP contribution in [0.2, 0.25) is 5.02 Å². The molecule has 0 fully saturated rings. The number of hydrogen-bond donors (Lipinski definition) is 1. The van der Waals surface area contributed by atoms with Gasteiger partial charge in [-0.05, 0) is 47.9 Å². The van der Waals surface area contributed by atoms with Gasteiger partial charge in [0.2, 0.25) is 9.84 Å². The number of methoxy groups -OCH3 is 1. The van der Waals surface area contributed by atoms with Crippen molar-refractivity contribution < 1.29 is 17.9 Å². The van der Waals surface area contributed by atoms with Gasteiger partial charge >= 0.3 is 5.97 Å². The highest BCUT2D eigenvalue weighted by atomic mass is 35.5. The maximum absolute atomic E-state index is 12.9. The molecule has 5 nitrogen and oxygen atoms in total. The molecule has 0 saturated heterocycles. The molecule has 2 aromatic carbocycles. The molecule has 0 bridgehead atoms. The Bertz CT molecular complexity index is 902. The van der Waals surface area contributed by atoms with Gasteiger partial charge in [-0.2, -0.15) is 0 Å². The normalized spacial score (nSPS) is 12.1. The highest BCUT2D eigenvalue weighted by molar-refractivity contribution is 7.96. The largest absolute Gasteiger partial charge is 0.465 e. The Morgan fingerprint density at radius 3 is 2.15 bits per heavy atom. The van der Waals surface area contributed by atoms with Crippen molar-refractivity contribution >= 4 is 33.1 Å². The molecule has 0 amide bonds. The maximum atomic E-state index is 12.9. The molecule has 0 atom stereocenters. The predicted molar refractivity (Wildman–Crippen MR) is 103 cm³/mol. The first-order chi connectivity index (χ1) is 12.3. The van der Waals surface area contributed by atoms with E-state index in [0.717, 1.165) is 18.9 Å². The quantitative estimate of drug-likeness (QED) is 0.583. The van der Waals surface area contributed by atoms with Crippen LogP contribution in [0.15, 0.2) is 64.5 Å². The molecule has 0 aromatic heterocycles. The van der Waals surface area contributed by atoms with Crippen LogP contribution in [0.25, 0.3) is 0 Å². The highest BCUT2D eigenvalue weighted by Crippen LogP contribution is 2.24. The Hall–Kier alpha value is -2.31. The fraction of sp³-hybridized carbons (Fsp3) is 0.211. The number of hydrogen-bond acceptors (Lipinski definition) is 5. The summed E-state index contributed by atoms with van der Waals surface area (Å²) in [4.78, 5) is 11.6. The van der Waals surface area contributed by atoms with Gasteiger partial charge in [0.25, 0.3) is 0 Å². The average molecular weight is 394 g/mol. The van der Waals surface area contributed by atoms with Crippen LogP contribution in [-0.4, -0.2) is 21.5 Å². The van der Waals surface area contributed by atoms with Crippen molar-refractivity contribution in [2.45, 2.75) is 24.7 Å². The molecule has 1 N–H and O–H groups in total. The van der Waals surface area contributed by atoms with Gasteiger partial charge < -0.3 is 10.1 Å². The van der Waals surface area contributed by atoms with Crippen LogP contribution in [0.1, 0.15) is 25.3 Å². The first-order valence-corrected chi connectivity index (χ1v) is 9.77. The standard InChI is InChI=1S/C19H20ClNO4S/c1-13(2)14-4-10-17(11-5-14)26(23,24)18(19(22)25-3)12-21-16-8-6-15(20)7-9-16/h4-13,21H,1-3H3/b18-12-. The molecule has 0 unspecified atom stereocenters. The lowest BCUT2D eigenvalue weighted by Crippen LogP contribution is -2.17. The zero-order valence-corrected chi connectivity index (χ0v) is 16.3. The monoisotopic (exact) mass is 393 g/mol. The summed E-state index contributed by atoms with van der Waals surface area (Å²) in [5, 5.41) is 3.34. The molecule has 0 saturated carbocycles. The first kappa shape index (κ1) is 20.0. The molecule has 0 heterocycles. The van der Waals surface area contributed by atoms with Gasteiger partial charge in [0.05, 0.1) is 12.0 Å². The summed E-state index contributed by atoms with van der Waals surface area (Å²) in [6.07, 6.45) is 1.13. The fourth-order valence-electron chi connectivity index (χ4n) is 2.20. The third kappa shape index (κ3) is 4.65. The number of esters is 1. The average Bonchev–Trinajstić information content (AvgIpc) is 2.63. The van der Waals surface area contributed by atoms with E-state index in [-0.39, 0.29) is 10.8 Å². The van der Waals surface area contributed by atoms with Gasteiger partial charge in [-0.25, -0.2) is 13.2 Å². The third-order valence-corrected chi connectivity index (χ3v) is 5.76. The van der Waals surface area contributed by atoms with E-state index < -0.39 is 20.7 Å². The molecular weight excluding hydrogens is 374 g/mol. The zero-order chi connectivity index (χ0) is 19.3. The minimum Gasteiger partial charge on any atom is -0.465 e. The molecule has 2 aromatic rings. The van der Waals surface area contributed by atoms with E-state index in [9.17, 15) is 13.2 Å². The number of carbonyl (C=O) groups excluding carboxylic acids is 1. The molecule has 0 radical (unpaired) electrons. The molecule has 0 aliphatic carbocycles. The van der Waals surface area contributed by atoms with Gasteiger partial charge in [0, 0.05) is 16.9 Å². The Morgan fingerprint density at radius 2 is 1.65 bits per heavy atom. The van der Waals surface area contributed by atoms with Crippen molar-refractivity contribution in [3.8, 4) is 0 Å². The molecule has 2 rings (SSSR count). The second kappa shape index (κ2) is 8.38. The number of halogens is 1. The van der Waals surface area contributed by atoms with Crippen molar-refractivity contribution in [3.63, 3.8) is 0 Å². The first-order valence-electron chi connectivity index (χ1n) is 7.91. The maximum Gasteiger partial charge on any atom is 0.351 e. The molecule has 26 heavy (non-hydrogen) atoms. The summed E-state index contributed by atoms with van der Waals surface area (Å²) in [5.41, 5.74) is 1.59. The lowest BCUT2D eigenvalue weighted by Gasteiger charge is -2.10. The van der Waals surface area contributed by atoms with Crippen molar-refractivity contribution in [2.75, 3.05) is 12.4 Å². The summed E-state index contributed by atoms with van der Waals surface area (Å²) in [6.45, 7) is 4.03. The Kier molecular flexibility index (Phi) is 6.45. The lowest BCUT2D eigenvalue weighted by molar-refractivity contribution is -0.135. The molecule has 138 valence electrons. The van der Waals surface area contributed by atoms with E-state index in [0.29, 0.717) is 10.7 Å². The van der Waals surface area contributed by atoms with Crippen molar-refractivity contribution in [2.24, 2.45) is 0 Å². The summed E-state index contributed by atoms with van der Waals surface area (Å²) < 4.78 is 30.4. The molecule has 7 heteroatoms. The fourth-order valence-corrected chi connectivity index (χ4v) is 3.59. The minimum atomic E-state index is -4.04. The van der Waals surface area contributed by atoms with Crippen molar-refractivity contribution in [1.29, 1.82) is 0 Å². The van der Waals surface area contributed by atoms with E-state index in [1.807, 2.05) is 13.8 Å². The SMILES string of the molecule is COC(=O)/C(=C/Nc1ccc(Cl)cc1)S(=O)(=O)c1ccc(C(C)C)cc1. The van der Waals surface area contributed by atoms with Crippen LogP contribution in [0.4, 0.5) is 5.69 Å². The van der Waals surface area contributed by atoms with Crippen LogP contribution in [0.3, 0.4) is 0 Å². The van der Waals surface area contributed by atoms with E-state index in [2.05, 4.69) is 10.1 Å². The molecule has 0 spiro atoms. The summed E-state index contributed by atoms with van der Waals surface area (Å²) in [6, 6.07) is 13.1. The molecular formula is C19H20ClNO4S. The van der Waals surface area contributed by atoms with E-state index in [4.69, 9.17) is 11.6 Å². The second-order valence-electron chi connectivity index (χ2n) is 5.88. The topological polar surface area (TPSA) is 72.5 Å². The minimum absolute atomic E-state index is 0.0245. The van der Waals surface area contributed by atoms with E-state index >= 15 is 0 Å². The Morgan fingerprint density at radius 1 is 1.08 bits per heavy atom. The number of rotatable bonds is 6. The van der Waals surface area contributed by atoms with E-state index in [1.54, 1.807) is 36.4 Å². The van der Waals surface area contributed by atoms with Crippen LogP contribution in [-0.2, 0) is 19.4 Å². The van der Waals surface area contributed by atoms with Crippen molar-refractivity contribution in [3.05, 3.63) is 70.2 Å². The third-order valence-electron chi connectivity index (χ3n) is 3.75. The van der Waals surface area contributed by atoms with Crippen molar-refractivity contribution in [1.82, 2.24) is 0 Å². The Labute approximate surface area is 158 Å². The van der Waals surface area contributed by atoms with Crippen LogP contribution in [0, 0.1) is 0 Å². The zero-order valence-electron chi connectivity index (χ0n) is 14.7. The summed E-state index contributed by atoms with van der Waals surface area (Å²) in [5.74, 6) is -0.673. The number of anilines is 1. The number of nitrogens with one attached hydrogen (secondary N) is 1. The molecule has 0 aliphatic heterocycles. The number of benzene rings is 2. The van der Waals surface area contributed by atoms with Crippen LogP contribution >= 0.6 is 11.6 Å². The van der Waals surface area contributed by atoms with Gasteiger partial charge in [-0.1, -0.05) is 37.6 Å². The lowest BCUT2D eigenvalue weighted by atomic mass is 10.0.